The fourth-order valence-electron chi connectivity index (χ4n) is 1.56. The van der Waals surface area contributed by atoms with E-state index in [1.807, 2.05) is 24.3 Å². The summed E-state index contributed by atoms with van der Waals surface area (Å²) in [6, 6.07) is 7.59. The molecule has 0 saturated heterocycles. The molecule has 4 nitrogen and oxygen atoms in total. The summed E-state index contributed by atoms with van der Waals surface area (Å²) in [6.45, 7) is 6.35. The van der Waals surface area contributed by atoms with Gasteiger partial charge in [0, 0.05) is 18.4 Å². The number of sulfone groups is 1. The molecule has 1 N–H and O–H groups in total. The number of hydrogen-bond acceptors (Lipinski definition) is 3. The van der Waals surface area contributed by atoms with E-state index in [-0.39, 0.29) is 23.5 Å². The van der Waals surface area contributed by atoms with Crippen molar-refractivity contribution in [2.75, 3.05) is 17.3 Å². The first-order valence-electron chi connectivity index (χ1n) is 6.16. The van der Waals surface area contributed by atoms with E-state index >= 15 is 0 Å². The molecule has 0 atom stereocenters. The molecule has 19 heavy (non-hydrogen) atoms. The lowest BCUT2D eigenvalue weighted by atomic mass is 9.87. The number of benzene rings is 1. The van der Waals surface area contributed by atoms with Crippen LogP contribution in [0, 0.1) is 0 Å². The molecule has 0 aromatic heterocycles. The van der Waals surface area contributed by atoms with Crippen LogP contribution in [0.15, 0.2) is 24.3 Å². The number of nitrogens with one attached hydrogen (secondary N) is 1. The Balaban J connectivity index is 2.61. The average Bonchev–Trinajstić information content (AvgIpc) is 2.25. The molecule has 1 aromatic rings. The first-order chi connectivity index (χ1) is 8.58. The molecular formula is C14H21NO3S. The first kappa shape index (κ1) is 15.7. The number of carbonyl (C=O) groups is 1. The summed E-state index contributed by atoms with van der Waals surface area (Å²) in [5.41, 5.74) is 1.94. The average molecular weight is 283 g/mol. The lowest BCUT2D eigenvalue weighted by Crippen LogP contribution is -2.17. The molecule has 0 heterocycles. The molecule has 0 bridgehead atoms. The smallest absolute Gasteiger partial charge is 0.225 e. The van der Waals surface area contributed by atoms with Gasteiger partial charge >= 0.3 is 0 Å². The van der Waals surface area contributed by atoms with E-state index < -0.39 is 9.84 Å². The van der Waals surface area contributed by atoms with Crippen molar-refractivity contribution in [1.82, 2.24) is 0 Å². The number of amides is 1. The Morgan fingerprint density at radius 3 is 2.11 bits per heavy atom. The highest BCUT2D eigenvalue weighted by Gasteiger charge is 2.13. The molecule has 0 aliphatic heterocycles. The number of hydrogen-bond donors (Lipinski definition) is 1. The summed E-state index contributed by atoms with van der Waals surface area (Å²) in [5, 5.41) is 2.69. The van der Waals surface area contributed by atoms with Crippen LogP contribution >= 0.6 is 0 Å². The first-order valence-corrected chi connectivity index (χ1v) is 8.22. The van der Waals surface area contributed by atoms with Gasteiger partial charge in [0.1, 0.15) is 9.84 Å². The van der Waals surface area contributed by atoms with Crippen LogP contribution in [0.5, 0.6) is 0 Å². The Labute approximate surface area is 115 Å². The van der Waals surface area contributed by atoms with Crippen molar-refractivity contribution >= 4 is 21.4 Å². The predicted octanol–water partition coefficient (Wildman–Crippen LogP) is 2.36. The minimum absolute atomic E-state index is 0.0140. The highest BCUT2D eigenvalue weighted by Crippen LogP contribution is 2.23. The van der Waals surface area contributed by atoms with Gasteiger partial charge in [0.2, 0.25) is 5.91 Å². The molecule has 0 unspecified atom stereocenters. The van der Waals surface area contributed by atoms with Crippen LogP contribution in [0.3, 0.4) is 0 Å². The van der Waals surface area contributed by atoms with Crippen LogP contribution in [0.1, 0.15) is 32.8 Å². The number of carbonyl (C=O) groups excluding carboxylic acids is 1. The molecule has 0 aliphatic carbocycles. The monoisotopic (exact) mass is 283 g/mol. The molecule has 0 saturated carbocycles. The van der Waals surface area contributed by atoms with Crippen molar-refractivity contribution < 1.29 is 13.2 Å². The standard InChI is InChI=1S/C14H21NO3S/c1-14(2,3)11-5-7-12(8-6-11)15-13(16)9-10-19(4,17)18/h5-8H,9-10H2,1-4H3,(H,15,16). The fourth-order valence-corrected chi connectivity index (χ4v) is 2.11. The summed E-state index contributed by atoms with van der Waals surface area (Å²) < 4.78 is 21.9. The Morgan fingerprint density at radius 2 is 1.68 bits per heavy atom. The Morgan fingerprint density at radius 1 is 1.16 bits per heavy atom. The van der Waals surface area contributed by atoms with Crippen molar-refractivity contribution in [1.29, 1.82) is 0 Å². The third kappa shape index (κ3) is 5.87. The molecule has 106 valence electrons. The van der Waals surface area contributed by atoms with Crippen LogP contribution in [0.25, 0.3) is 0 Å². The zero-order valence-corrected chi connectivity index (χ0v) is 12.7. The maximum Gasteiger partial charge on any atom is 0.225 e. The van der Waals surface area contributed by atoms with Gasteiger partial charge in [-0.3, -0.25) is 4.79 Å². The minimum Gasteiger partial charge on any atom is -0.326 e. The van der Waals surface area contributed by atoms with Crippen molar-refractivity contribution in [3.63, 3.8) is 0 Å². The van der Waals surface area contributed by atoms with Crippen LogP contribution in [-0.2, 0) is 20.0 Å². The van der Waals surface area contributed by atoms with Gasteiger partial charge in [-0.1, -0.05) is 32.9 Å². The van der Waals surface area contributed by atoms with Gasteiger partial charge in [0.05, 0.1) is 5.75 Å². The lowest BCUT2D eigenvalue weighted by Gasteiger charge is -2.19. The van der Waals surface area contributed by atoms with E-state index in [1.165, 1.54) is 5.56 Å². The fraction of sp³-hybridized carbons (Fsp3) is 0.500. The van der Waals surface area contributed by atoms with Gasteiger partial charge in [0.15, 0.2) is 0 Å². The van der Waals surface area contributed by atoms with Crippen molar-refractivity contribution in [2.24, 2.45) is 0 Å². The van der Waals surface area contributed by atoms with Gasteiger partial charge < -0.3 is 5.32 Å². The second-order valence-electron chi connectivity index (χ2n) is 5.76. The second-order valence-corrected chi connectivity index (χ2v) is 8.02. The molecule has 5 heteroatoms. The molecule has 0 spiro atoms. The SMILES string of the molecule is CC(C)(C)c1ccc(NC(=O)CCS(C)(=O)=O)cc1. The van der Waals surface area contributed by atoms with E-state index in [2.05, 4.69) is 26.1 Å². The summed E-state index contributed by atoms with van der Waals surface area (Å²) in [5.74, 6) is -0.409. The van der Waals surface area contributed by atoms with Crippen LogP contribution in [0.4, 0.5) is 5.69 Å². The number of rotatable bonds is 4. The van der Waals surface area contributed by atoms with Gasteiger partial charge in [-0.25, -0.2) is 8.42 Å². The predicted molar refractivity (Wildman–Crippen MR) is 78.1 cm³/mol. The topological polar surface area (TPSA) is 63.2 Å². The van der Waals surface area contributed by atoms with Gasteiger partial charge in [-0.2, -0.15) is 0 Å². The number of anilines is 1. The maximum atomic E-state index is 11.6. The van der Waals surface area contributed by atoms with Crippen molar-refractivity contribution in [3.8, 4) is 0 Å². The van der Waals surface area contributed by atoms with Crippen molar-refractivity contribution in [3.05, 3.63) is 29.8 Å². The Bertz CT molecular complexity index is 539. The summed E-state index contributed by atoms with van der Waals surface area (Å²) in [7, 11) is -3.10. The molecular weight excluding hydrogens is 262 g/mol. The largest absolute Gasteiger partial charge is 0.326 e. The lowest BCUT2D eigenvalue weighted by molar-refractivity contribution is -0.115. The van der Waals surface area contributed by atoms with Crippen molar-refractivity contribution in [2.45, 2.75) is 32.6 Å². The molecule has 0 radical (unpaired) electrons. The van der Waals surface area contributed by atoms with E-state index in [0.29, 0.717) is 5.69 Å². The van der Waals surface area contributed by atoms with Crippen LogP contribution < -0.4 is 5.32 Å². The zero-order chi connectivity index (χ0) is 14.7. The summed E-state index contributed by atoms with van der Waals surface area (Å²) in [6.07, 6.45) is 1.11. The highest BCUT2D eigenvalue weighted by molar-refractivity contribution is 7.90. The maximum absolute atomic E-state index is 11.6. The molecule has 0 aliphatic rings. The van der Waals surface area contributed by atoms with Crippen LogP contribution in [0.2, 0.25) is 0 Å². The van der Waals surface area contributed by atoms with Gasteiger partial charge in [-0.15, -0.1) is 0 Å². The minimum atomic E-state index is -3.10. The quantitative estimate of drug-likeness (QED) is 0.922. The second kappa shape index (κ2) is 5.74. The highest BCUT2D eigenvalue weighted by atomic mass is 32.2. The molecule has 1 aromatic carbocycles. The summed E-state index contributed by atoms with van der Waals surface area (Å²) in [4.78, 5) is 11.6. The van der Waals surface area contributed by atoms with E-state index in [9.17, 15) is 13.2 Å². The zero-order valence-electron chi connectivity index (χ0n) is 11.9. The third-order valence-electron chi connectivity index (χ3n) is 2.73. The summed E-state index contributed by atoms with van der Waals surface area (Å²) >= 11 is 0. The van der Waals surface area contributed by atoms with E-state index in [1.54, 1.807) is 0 Å². The van der Waals surface area contributed by atoms with E-state index in [0.717, 1.165) is 6.26 Å². The molecule has 1 rings (SSSR count). The third-order valence-corrected chi connectivity index (χ3v) is 3.68. The Hall–Kier alpha value is -1.36. The molecule has 0 fully saturated rings. The Kier molecular flexibility index (Phi) is 4.74. The normalized spacial score (nSPS) is 12.2. The van der Waals surface area contributed by atoms with Gasteiger partial charge in [0.25, 0.3) is 0 Å². The molecule has 1 amide bonds. The van der Waals surface area contributed by atoms with Crippen LogP contribution in [-0.4, -0.2) is 26.3 Å². The van der Waals surface area contributed by atoms with E-state index in [4.69, 9.17) is 0 Å². The van der Waals surface area contributed by atoms with Gasteiger partial charge in [-0.05, 0) is 23.1 Å².